The summed E-state index contributed by atoms with van der Waals surface area (Å²) in [4.78, 5) is 14.9. The van der Waals surface area contributed by atoms with Gasteiger partial charge >= 0.3 is 6.03 Å². The van der Waals surface area contributed by atoms with Crippen molar-refractivity contribution in [2.75, 3.05) is 6.54 Å². The van der Waals surface area contributed by atoms with Crippen LogP contribution in [0.25, 0.3) is 0 Å². The van der Waals surface area contributed by atoms with Crippen LogP contribution in [0.3, 0.4) is 0 Å². The smallest absolute Gasteiger partial charge is 0.327 e. The summed E-state index contributed by atoms with van der Waals surface area (Å²) in [7, 11) is 0. The Hall–Kier alpha value is -1.03. The van der Waals surface area contributed by atoms with Gasteiger partial charge in [0.1, 0.15) is 6.33 Å². The Morgan fingerprint density at radius 1 is 1.73 bits per heavy atom. The molecule has 1 aliphatic rings. The molecule has 0 atom stereocenters. The fraction of sp³-hybridized carbons (Fsp3) is 0.333. The number of fused-ring (bicyclic) bond motifs is 1. The van der Waals surface area contributed by atoms with Gasteiger partial charge in [-0.3, -0.25) is 4.57 Å². The number of halogens is 1. The molecule has 0 unspecified atom stereocenters. The topological polar surface area (TPSA) is 46.9 Å². The number of carbonyl (C=O) groups is 1. The van der Waals surface area contributed by atoms with Crippen molar-refractivity contribution in [3.63, 3.8) is 0 Å². The number of aromatic nitrogens is 2. The molecule has 4 nitrogen and oxygen atoms in total. The lowest BCUT2D eigenvalue weighted by molar-refractivity contribution is 0.239. The van der Waals surface area contributed by atoms with Gasteiger partial charge in [-0.15, -0.1) is 0 Å². The summed E-state index contributed by atoms with van der Waals surface area (Å²) in [5.41, 5.74) is 0.801. The standard InChI is InChI=1S/C6H6ClN3O/c7-5-4-1-2-8-6(11)10(4)3-9-5/h3H,1-2H2,(H,8,11). The van der Waals surface area contributed by atoms with Crippen LogP contribution in [0.5, 0.6) is 0 Å². The minimum Gasteiger partial charge on any atom is -0.337 e. The largest absolute Gasteiger partial charge is 0.337 e. The molecule has 1 aromatic rings. The van der Waals surface area contributed by atoms with Gasteiger partial charge in [0.25, 0.3) is 0 Å². The molecule has 0 radical (unpaired) electrons. The normalized spacial score (nSPS) is 15.9. The van der Waals surface area contributed by atoms with E-state index in [0.717, 1.165) is 12.1 Å². The summed E-state index contributed by atoms with van der Waals surface area (Å²) < 4.78 is 1.44. The van der Waals surface area contributed by atoms with E-state index in [1.807, 2.05) is 0 Å². The molecule has 0 aromatic carbocycles. The minimum absolute atomic E-state index is 0.148. The van der Waals surface area contributed by atoms with E-state index in [1.165, 1.54) is 10.9 Å². The maximum Gasteiger partial charge on any atom is 0.327 e. The predicted octanol–water partition coefficient (Wildman–Crippen LogP) is 0.650. The van der Waals surface area contributed by atoms with E-state index < -0.39 is 0 Å². The summed E-state index contributed by atoms with van der Waals surface area (Å²) in [6.07, 6.45) is 2.19. The van der Waals surface area contributed by atoms with Crippen LogP contribution in [0.2, 0.25) is 5.15 Å². The lowest BCUT2D eigenvalue weighted by Gasteiger charge is -2.13. The average Bonchev–Trinajstić information content (AvgIpc) is 2.35. The van der Waals surface area contributed by atoms with Crippen LogP contribution >= 0.6 is 11.6 Å². The van der Waals surface area contributed by atoms with Crippen molar-refractivity contribution in [3.05, 3.63) is 17.2 Å². The third-order valence-electron chi connectivity index (χ3n) is 1.67. The first-order valence-corrected chi connectivity index (χ1v) is 3.67. The maximum atomic E-state index is 11.1. The first-order valence-electron chi connectivity index (χ1n) is 3.29. The van der Waals surface area contributed by atoms with Crippen molar-refractivity contribution >= 4 is 17.6 Å². The van der Waals surface area contributed by atoms with Gasteiger partial charge in [-0.05, 0) is 0 Å². The number of amides is 1. The molecule has 11 heavy (non-hydrogen) atoms. The monoisotopic (exact) mass is 171 g/mol. The van der Waals surface area contributed by atoms with Crippen molar-refractivity contribution in [2.45, 2.75) is 6.42 Å². The van der Waals surface area contributed by atoms with Crippen molar-refractivity contribution in [2.24, 2.45) is 0 Å². The molecule has 5 heteroatoms. The molecular formula is C6H6ClN3O. The van der Waals surface area contributed by atoms with Gasteiger partial charge in [0.2, 0.25) is 0 Å². The first kappa shape index (κ1) is 6.67. The first-order chi connectivity index (χ1) is 5.29. The maximum absolute atomic E-state index is 11.1. The molecule has 2 rings (SSSR count). The highest BCUT2D eigenvalue weighted by Crippen LogP contribution is 2.15. The molecule has 58 valence electrons. The highest BCUT2D eigenvalue weighted by molar-refractivity contribution is 6.30. The number of hydrogen-bond acceptors (Lipinski definition) is 2. The highest BCUT2D eigenvalue weighted by Gasteiger charge is 2.18. The van der Waals surface area contributed by atoms with E-state index in [0.29, 0.717) is 11.7 Å². The molecule has 1 aromatic heterocycles. The zero-order chi connectivity index (χ0) is 7.84. The second-order valence-electron chi connectivity index (χ2n) is 2.33. The molecule has 1 aliphatic heterocycles. The lowest BCUT2D eigenvalue weighted by atomic mass is 10.3. The predicted molar refractivity (Wildman–Crippen MR) is 39.7 cm³/mol. The number of rotatable bonds is 0. The van der Waals surface area contributed by atoms with Gasteiger partial charge in [0.05, 0.1) is 5.69 Å². The van der Waals surface area contributed by atoms with Crippen LogP contribution in [-0.4, -0.2) is 22.1 Å². The van der Waals surface area contributed by atoms with Gasteiger partial charge in [0.15, 0.2) is 5.15 Å². The van der Waals surface area contributed by atoms with Gasteiger partial charge in [0, 0.05) is 13.0 Å². The summed E-state index contributed by atoms with van der Waals surface area (Å²) in [6, 6.07) is -0.148. The third kappa shape index (κ3) is 0.903. The van der Waals surface area contributed by atoms with E-state index in [9.17, 15) is 4.79 Å². The van der Waals surface area contributed by atoms with Gasteiger partial charge in [-0.1, -0.05) is 11.6 Å². The second-order valence-corrected chi connectivity index (χ2v) is 2.69. The Balaban J connectivity index is 2.55. The number of carbonyl (C=O) groups excluding carboxylic acids is 1. The Morgan fingerprint density at radius 3 is 3.27 bits per heavy atom. The molecule has 0 spiro atoms. The van der Waals surface area contributed by atoms with Crippen molar-refractivity contribution in [1.82, 2.24) is 14.9 Å². The fourth-order valence-corrected chi connectivity index (χ4v) is 1.35. The van der Waals surface area contributed by atoms with Crippen molar-refractivity contribution < 1.29 is 4.79 Å². The van der Waals surface area contributed by atoms with E-state index in [-0.39, 0.29) is 6.03 Å². The third-order valence-corrected chi connectivity index (χ3v) is 1.99. The SMILES string of the molecule is O=C1NCCc2c(Cl)ncn21. The number of nitrogens with zero attached hydrogens (tertiary/aromatic N) is 2. The van der Waals surface area contributed by atoms with E-state index in [1.54, 1.807) is 0 Å². The summed E-state index contributed by atoms with van der Waals surface area (Å²) >= 11 is 5.71. The van der Waals surface area contributed by atoms with E-state index >= 15 is 0 Å². The quantitative estimate of drug-likeness (QED) is 0.623. The summed E-state index contributed by atoms with van der Waals surface area (Å²) in [5.74, 6) is 0. The molecule has 1 N–H and O–H groups in total. The van der Waals surface area contributed by atoms with Crippen LogP contribution in [0.15, 0.2) is 6.33 Å². The van der Waals surface area contributed by atoms with Crippen LogP contribution in [0, 0.1) is 0 Å². The Kier molecular flexibility index (Phi) is 1.35. The molecule has 1 amide bonds. The van der Waals surface area contributed by atoms with Crippen molar-refractivity contribution in [3.8, 4) is 0 Å². The Bertz CT molecular complexity index is 307. The molecular weight excluding hydrogens is 166 g/mol. The van der Waals surface area contributed by atoms with Crippen LogP contribution in [0.4, 0.5) is 4.79 Å². The molecule has 0 aliphatic carbocycles. The molecule has 0 saturated heterocycles. The molecule has 0 fully saturated rings. The van der Waals surface area contributed by atoms with E-state index in [2.05, 4.69) is 10.3 Å². The van der Waals surface area contributed by atoms with Gasteiger partial charge in [-0.2, -0.15) is 0 Å². The van der Waals surface area contributed by atoms with Crippen LogP contribution in [-0.2, 0) is 6.42 Å². The molecule has 2 heterocycles. The summed E-state index contributed by atoms with van der Waals surface area (Å²) in [6.45, 7) is 0.643. The highest BCUT2D eigenvalue weighted by atomic mass is 35.5. The van der Waals surface area contributed by atoms with Crippen LogP contribution < -0.4 is 5.32 Å². The van der Waals surface area contributed by atoms with Gasteiger partial charge in [-0.25, -0.2) is 9.78 Å². The fourth-order valence-electron chi connectivity index (χ4n) is 1.12. The zero-order valence-corrected chi connectivity index (χ0v) is 6.43. The van der Waals surface area contributed by atoms with E-state index in [4.69, 9.17) is 11.6 Å². The lowest BCUT2D eigenvalue weighted by Crippen LogP contribution is -2.36. The van der Waals surface area contributed by atoms with Gasteiger partial charge < -0.3 is 5.32 Å². The number of hydrogen-bond donors (Lipinski definition) is 1. The summed E-state index contributed by atoms with van der Waals surface area (Å²) in [5, 5.41) is 3.11. The zero-order valence-electron chi connectivity index (χ0n) is 5.67. The van der Waals surface area contributed by atoms with Crippen molar-refractivity contribution in [1.29, 1.82) is 0 Å². The Labute approximate surface area is 68.2 Å². The van der Waals surface area contributed by atoms with Crippen LogP contribution in [0.1, 0.15) is 5.69 Å². The molecule has 0 bridgehead atoms. The number of nitrogens with one attached hydrogen (secondary N) is 1. The molecule has 0 saturated carbocycles. The number of imidazole rings is 1. The average molecular weight is 172 g/mol. The minimum atomic E-state index is -0.148. The second kappa shape index (κ2) is 2.23. The Morgan fingerprint density at radius 2 is 2.55 bits per heavy atom.